The van der Waals surface area contributed by atoms with Gasteiger partial charge < -0.3 is 11.5 Å². The molecule has 0 aliphatic heterocycles. The van der Waals surface area contributed by atoms with Crippen molar-refractivity contribution in [3.8, 4) is 0 Å². The van der Waals surface area contributed by atoms with E-state index in [1.807, 2.05) is 0 Å². The van der Waals surface area contributed by atoms with Gasteiger partial charge in [0.1, 0.15) is 17.5 Å². The van der Waals surface area contributed by atoms with Crippen LogP contribution in [0.5, 0.6) is 0 Å². The molecule has 0 saturated heterocycles. The van der Waals surface area contributed by atoms with Gasteiger partial charge in [-0.05, 0) is 68.3 Å². The third-order valence-corrected chi connectivity index (χ3v) is 7.78. The molecule has 3 aromatic carbocycles. The Morgan fingerprint density at radius 1 is 0.784 bits per heavy atom. The summed E-state index contributed by atoms with van der Waals surface area (Å²) in [6, 6.07) is 10.6. The number of fused-ring (bicyclic) bond motifs is 3. The van der Waals surface area contributed by atoms with Gasteiger partial charge in [0.05, 0.1) is 45.2 Å². The zero-order valence-electron chi connectivity index (χ0n) is 26.6. The number of halogens is 6. The molecule has 0 spiro atoms. The second-order valence-electron chi connectivity index (χ2n) is 9.80. The van der Waals surface area contributed by atoms with Gasteiger partial charge in [-0.25, -0.2) is 30.0 Å². The standard InChI is InChI=1S/C9H9BrFN3O2S.C8H7BrFN3.C8H8FN3.CH3ClO2S.CH4.BHNS/c1-14-8-5(10)3-4-6(11)7(8)9(12-14)13-17(2,15)16;1-13-7-4(9)2-3-5(10)6(7)8(11)12-13;1-12-6-4-2-3-5(9)7(6)8(10)11-12;1-5(2,3)4;;1-2-3/h3-4H,1-2H3,(H,12,13);2-3H,1H3,(H2,11,12);2-4H,1H3,(H2,10,11);1H3;1H4;3H. The number of benzene rings is 3. The van der Waals surface area contributed by atoms with Crippen LogP contribution in [0.25, 0.3) is 32.7 Å². The van der Waals surface area contributed by atoms with Gasteiger partial charge >= 0.3 is 24.8 Å². The van der Waals surface area contributed by atoms with Crippen LogP contribution in [0, 0.1) is 17.5 Å². The van der Waals surface area contributed by atoms with E-state index in [2.05, 4.69) is 87.3 Å². The third-order valence-electron chi connectivity index (χ3n) is 5.94. The van der Waals surface area contributed by atoms with Gasteiger partial charge in [-0.2, -0.15) is 15.3 Å². The summed E-state index contributed by atoms with van der Waals surface area (Å²) < 4.78 is 92.1. The molecule has 0 unspecified atom stereocenters. The Morgan fingerprint density at radius 3 is 1.63 bits per heavy atom. The van der Waals surface area contributed by atoms with Crippen LogP contribution in [-0.2, 0) is 40.2 Å². The van der Waals surface area contributed by atoms with Crippen LogP contribution in [0.15, 0.2) is 55.7 Å². The van der Waals surface area contributed by atoms with Crippen molar-refractivity contribution in [3.05, 3.63) is 68.9 Å². The summed E-state index contributed by atoms with van der Waals surface area (Å²) in [4.78, 5) is 0. The van der Waals surface area contributed by atoms with Gasteiger partial charge in [0.2, 0.25) is 19.1 Å². The van der Waals surface area contributed by atoms with E-state index in [-0.39, 0.29) is 41.9 Å². The van der Waals surface area contributed by atoms with Gasteiger partial charge in [0.25, 0.3) is 0 Å². The molecule has 6 aromatic rings. The number of aryl methyl sites for hydroxylation is 3. The van der Waals surface area contributed by atoms with Crippen LogP contribution in [0.4, 0.5) is 30.6 Å². The van der Waals surface area contributed by atoms with Crippen molar-refractivity contribution >= 4 is 132 Å². The fourth-order valence-electron chi connectivity index (χ4n) is 4.24. The van der Waals surface area contributed by atoms with E-state index in [1.54, 1.807) is 54.8 Å². The molecule has 1 radical (unpaired) electrons. The number of nitrogens with one attached hydrogen (secondary N) is 1. The molecule has 14 nitrogen and oxygen atoms in total. The van der Waals surface area contributed by atoms with Crippen molar-refractivity contribution in [2.75, 3.05) is 28.7 Å². The molecule has 277 valence electrons. The number of anilines is 3. The summed E-state index contributed by atoms with van der Waals surface area (Å²) in [6.45, 7) is 0. The number of sulfonamides is 1. The Kier molecular flexibility index (Phi) is 16.9. The fourth-order valence-corrected chi connectivity index (χ4v) is 5.91. The van der Waals surface area contributed by atoms with Gasteiger partial charge in [0, 0.05) is 40.8 Å². The Bertz CT molecular complexity index is 2350. The quantitative estimate of drug-likeness (QED) is 0.0888. The first kappa shape index (κ1) is 45.6. The molecule has 3 heterocycles. The molecule has 0 bridgehead atoms. The molecule has 51 heavy (non-hydrogen) atoms. The van der Waals surface area contributed by atoms with Crippen molar-refractivity contribution in [2.24, 2.45) is 25.4 Å². The molecule has 24 heteroatoms. The van der Waals surface area contributed by atoms with Crippen LogP contribution < -0.4 is 16.2 Å². The number of nitrogens with two attached hydrogens (primary N) is 2. The van der Waals surface area contributed by atoms with E-state index in [1.165, 1.54) is 22.9 Å². The zero-order valence-corrected chi connectivity index (χ0v) is 33.0. The van der Waals surface area contributed by atoms with Gasteiger partial charge in [0.15, 0.2) is 17.5 Å². The Labute approximate surface area is 320 Å². The van der Waals surface area contributed by atoms with Crippen molar-refractivity contribution in [2.45, 2.75) is 7.43 Å². The van der Waals surface area contributed by atoms with Crippen LogP contribution in [0.3, 0.4) is 0 Å². The Morgan fingerprint density at radius 2 is 1.18 bits per heavy atom. The fraction of sp³-hybridized carbons (Fsp3) is 0.222. The summed E-state index contributed by atoms with van der Waals surface area (Å²) in [6.07, 6.45) is 1.91. The molecular formula is C27H32BBr2ClF3N10O4S3. The van der Waals surface area contributed by atoms with Crippen molar-refractivity contribution in [3.63, 3.8) is 0 Å². The van der Waals surface area contributed by atoms with E-state index in [9.17, 15) is 30.0 Å². The van der Waals surface area contributed by atoms with E-state index in [0.29, 0.717) is 31.8 Å². The first-order chi connectivity index (χ1) is 23.0. The van der Waals surface area contributed by atoms with Crippen LogP contribution in [0.1, 0.15) is 7.43 Å². The van der Waals surface area contributed by atoms with Crippen LogP contribution in [0.2, 0.25) is 0 Å². The number of rotatable bonds is 2. The molecule has 5 N–H and O–H groups in total. The number of nitrogens with zero attached hydrogens (tertiary/aromatic N) is 7. The van der Waals surface area contributed by atoms with Crippen molar-refractivity contribution in [1.82, 2.24) is 29.3 Å². The molecule has 3 aromatic heterocycles. The topological polar surface area (TPSA) is 198 Å². The SMILES string of the molecule is C.CS(=O)(=O)Cl.Cn1nc(N)c2c(F)ccc(Br)c21.Cn1nc(N)c2c(F)cccc21.Cn1nc(NS(C)(=O)=O)c2c(F)ccc(Br)c21.[B]=NS. The summed E-state index contributed by atoms with van der Waals surface area (Å²) >= 11 is 9.77. The van der Waals surface area contributed by atoms with E-state index < -0.39 is 24.9 Å². The summed E-state index contributed by atoms with van der Waals surface area (Å²) in [7, 11) is 7.22. The maximum atomic E-state index is 13.7. The third kappa shape index (κ3) is 12.7. The number of nitrogen functional groups attached to an aromatic ring is 2. The normalized spacial score (nSPS) is 10.7. The first-order valence-corrected chi connectivity index (χ1v) is 19.8. The number of aromatic nitrogens is 6. The molecule has 0 aliphatic rings. The van der Waals surface area contributed by atoms with Gasteiger partial charge in [-0.1, -0.05) is 13.5 Å². The van der Waals surface area contributed by atoms with E-state index in [4.69, 9.17) is 11.5 Å². The second-order valence-corrected chi connectivity index (χ2v) is 16.5. The van der Waals surface area contributed by atoms with Crippen LogP contribution >= 0.6 is 55.4 Å². The molecule has 6 rings (SSSR count). The van der Waals surface area contributed by atoms with Gasteiger partial charge in [-0.15, -0.1) is 0 Å². The molecule has 0 aliphatic carbocycles. The Balaban J connectivity index is 0.000000347. The Hall–Kier alpha value is -3.38. The van der Waals surface area contributed by atoms with Crippen molar-refractivity contribution in [1.29, 1.82) is 0 Å². The first-order valence-electron chi connectivity index (χ1n) is 13.2. The molecule has 0 fully saturated rings. The molecule has 0 amide bonds. The van der Waals surface area contributed by atoms with Crippen molar-refractivity contribution < 1.29 is 30.0 Å². The monoisotopic (exact) mass is 917 g/mol. The number of hydrogen-bond donors (Lipinski definition) is 4. The second kappa shape index (κ2) is 18.9. The minimum atomic E-state index is -3.49. The average molecular weight is 920 g/mol. The average Bonchev–Trinajstić information content (AvgIpc) is 3.58. The predicted molar refractivity (Wildman–Crippen MR) is 209 cm³/mol. The van der Waals surface area contributed by atoms with E-state index >= 15 is 0 Å². The minimum absolute atomic E-state index is 0. The van der Waals surface area contributed by atoms with E-state index in [0.717, 1.165) is 17.0 Å². The zero-order chi connectivity index (χ0) is 38.3. The summed E-state index contributed by atoms with van der Waals surface area (Å²) in [5, 5.41) is 12.7. The summed E-state index contributed by atoms with van der Waals surface area (Å²) in [5.74, 6) is -0.741. The number of thiol groups is 1. The number of hydrogen-bond acceptors (Lipinski definition) is 11. The molecular weight excluding hydrogens is 888 g/mol. The molecule has 0 saturated carbocycles. The molecule has 0 atom stereocenters. The van der Waals surface area contributed by atoms with Crippen LogP contribution in [-0.4, -0.2) is 66.3 Å². The summed E-state index contributed by atoms with van der Waals surface area (Å²) in [5.41, 5.74) is 12.9. The predicted octanol–water partition coefficient (Wildman–Crippen LogP) is 6.20. The maximum absolute atomic E-state index is 13.7. The van der Waals surface area contributed by atoms with Gasteiger partial charge in [-0.3, -0.25) is 18.8 Å².